The fourth-order valence-electron chi connectivity index (χ4n) is 2.35. The molecule has 0 aliphatic rings. The minimum Gasteiger partial charge on any atom is -0.372 e. The lowest BCUT2D eigenvalue weighted by Crippen LogP contribution is -2.25. The molecule has 22 heavy (non-hydrogen) atoms. The first kappa shape index (κ1) is 16.3. The van der Waals surface area contributed by atoms with Crippen molar-refractivity contribution in [2.45, 2.75) is 39.5 Å². The first-order valence-electron chi connectivity index (χ1n) is 8.20. The molecule has 4 nitrogen and oxygen atoms in total. The second-order valence-corrected chi connectivity index (χ2v) is 5.49. The molecular weight excluding hydrogens is 272 g/mol. The summed E-state index contributed by atoms with van der Waals surface area (Å²) in [7, 11) is 0. The van der Waals surface area contributed by atoms with Gasteiger partial charge in [0.05, 0.1) is 18.1 Å². The van der Waals surface area contributed by atoms with Crippen molar-refractivity contribution in [3.63, 3.8) is 0 Å². The van der Waals surface area contributed by atoms with Gasteiger partial charge in [-0.15, -0.1) is 0 Å². The van der Waals surface area contributed by atoms with E-state index in [9.17, 15) is 0 Å². The Hall–Kier alpha value is -2.10. The van der Waals surface area contributed by atoms with Gasteiger partial charge in [-0.1, -0.05) is 26.7 Å². The molecule has 0 atom stereocenters. The van der Waals surface area contributed by atoms with Gasteiger partial charge in [-0.25, -0.2) is 9.97 Å². The van der Waals surface area contributed by atoms with Gasteiger partial charge in [0.15, 0.2) is 0 Å². The quantitative estimate of drug-likeness (QED) is 0.733. The van der Waals surface area contributed by atoms with E-state index in [1.807, 2.05) is 0 Å². The third-order valence-electron chi connectivity index (χ3n) is 3.64. The predicted octanol–water partition coefficient (Wildman–Crippen LogP) is 4.63. The number of anilines is 3. The van der Waals surface area contributed by atoms with Crippen LogP contribution in [0.3, 0.4) is 0 Å². The van der Waals surface area contributed by atoms with E-state index in [2.05, 4.69) is 58.3 Å². The van der Waals surface area contributed by atoms with Crippen LogP contribution >= 0.6 is 0 Å². The Morgan fingerprint density at radius 3 is 2.00 bits per heavy atom. The van der Waals surface area contributed by atoms with Gasteiger partial charge in [0.2, 0.25) is 0 Å². The first-order chi connectivity index (χ1) is 10.8. The molecule has 2 aromatic rings. The zero-order valence-corrected chi connectivity index (χ0v) is 13.6. The van der Waals surface area contributed by atoms with Crippen molar-refractivity contribution in [2.75, 3.05) is 23.3 Å². The monoisotopic (exact) mass is 298 g/mol. The van der Waals surface area contributed by atoms with Gasteiger partial charge in [0.1, 0.15) is 6.33 Å². The molecular formula is C18H26N4. The number of unbranched alkanes of at least 4 members (excludes halogenated alkanes) is 2. The Balaban J connectivity index is 2.01. The Labute approximate surface area is 133 Å². The van der Waals surface area contributed by atoms with Crippen molar-refractivity contribution < 1.29 is 0 Å². The lowest BCUT2D eigenvalue weighted by atomic mass is 10.2. The minimum atomic E-state index is 0.907. The second-order valence-electron chi connectivity index (χ2n) is 5.49. The molecule has 1 aromatic heterocycles. The van der Waals surface area contributed by atoms with Crippen LogP contribution in [0.4, 0.5) is 17.1 Å². The third-order valence-corrected chi connectivity index (χ3v) is 3.64. The summed E-state index contributed by atoms with van der Waals surface area (Å²) in [6, 6.07) is 8.62. The van der Waals surface area contributed by atoms with E-state index in [4.69, 9.17) is 0 Å². The van der Waals surface area contributed by atoms with Crippen molar-refractivity contribution in [1.82, 2.24) is 9.97 Å². The smallest absolute Gasteiger partial charge is 0.115 e. The van der Waals surface area contributed by atoms with Gasteiger partial charge in [-0.2, -0.15) is 0 Å². The molecule has 0 saturated carbocycles. The summed E-state index contributed by atoms with van der Waals surface area (Å²) in [4.78, 5) is 10.5. The van der Waals surface area contributed by atoms with Crippen molar-refractivity contribution in [3.8, 4) is 0 Å². The summed E-state index contributed by atoms with van der Waals surface area (Å²) in [5.74, 6) is 0. The maximum atomic E-state index is 4.01. The molecule has 0 spiro atoms. The number of rotatable bonds is 9. The first-order valence-corrected chi connectivity index (χ1v) is 8.20. The van der Waals surface area contributed by atoms with Crippen LogP contribution < -0.4 is 10.2 Å². The molecule has 4 heteroatoms. The van der Waals surface area contributed by atoms with Gasteiger partial charge in [-0.05, 0) is 37.1 Å². The average Bonchev–Trinajstić information content (AvgIpc) is 2.57. The molecule has 0 aliphatic carbocycles. The highest BCUT2D eigenvalue weighted by Gasteiger charge is 2.05. The van der Waals surface area contributed by atoms with Crippen LogP contribution in [0.25, 0.3) is 0 Å². The highest BCUT2D eigenvalue weighted by Crippen LogP contribution is 2.21. The summed E-state index contributed by atoms with van der Waals surface area (Å²) in [5, 5.41) is 3.31. The molecule has 0 amide bonds. The zero-order chi connectivity index (χ0) is 15.6. The number of nitrogens with zero attached hydrogens (tertiary/aromatic N) is 3. The number of hydrogen-bond donors (Lipinski definition) is 1. The Morgan fingerprint density at radius 1 is 0.864 bits per heavy atom. The van der Waals surface area contributed by atoms with Gasteiger partial charge < -0.3 is 10.2 Å². The molecule has 0 fully saturated rings. The van der Waals surface area contributed by atoms with Crippen LogP contribution in [-0.4, -0.2) is 23.1 Å². The van der Waals surface area contributed by atoms with Crippen LogP contribution in [0.2, 0.25) is 0 Å². The molecule has 0 saturated heterocycles. The van der Waals surface area contributed by atoms with Crippen LogP contribution in [0.1, 0.15) is 39.5 Å². The SMILES string of the molecule is CCCCN(CCCC)c1ccc(Nc2cncnc2)cc1. The molecule has 0 unspecified atom stereocenters. The molecule has 1 aromatic carbocycles. The largest absolute Gasteiger partial charge is 0.372 e. The summed E-state index contributed by atoms with van der Waals surface area (Å²) in [6.45, 7) is 6.76. The lowest BCUT2D eigenvalue weighted by Gasteiger charge is -2.25. The van der Waals surface area contributed by atoms with Crippen LogP contribution in [0.5, 0.6) is 0 Å². The van der Waals surface area contributed by atoms with Gasteiger partial charge in [0, 0.05) is 24.5 Å². The van der Waals surface area contributed by atoms with E-state index in [1.165, 1.54) is 37.7 Å². The predicted molar refractivity (Wildman–Crippen MR) is 93.8 cm³/mol. The van der Waals surface area contributed by atoms with Crippen molar-refractivity contribution in [2.24, 2.45) is 0 Å². The highest BCUT2D eigenvalue weighted by molar-refractivity contribution is 5.61. The maximum absolute atomic E-state index is 4.01. The Bertz CT molecular complexity index is 517. The van der Waals surface area contributed by atoms with Crippen molar-refractivity contribution in [1.29, 1.82) is 0 Å². The van der Waals surface area contributed by atoms with Crippen LogP contribution in [0, 0.1) is 0 Å². The minimum absolute atomic E-state index is 0.907. The molecule has 2 rings (SSSR count). The molecule has 1 N–H and O–H groups in total. The zero-order valence-electron chi connectivity index (χ0n) is 13.6. The van der Waals surface area contributed by atoms with E-state index in [0.29, 0.717) is 0 Å². The number of nitrogens with one attached hydrogen (secondary N) is 1. The molecule has 0 aliphatic heterocycles. The van der Waals surface area contributed by atoms with E-state index in [1.54, 1.807) is 12.4 Å². The van der Waals surface area contributed by atoms with Crippen molar-refractivity contribution >= 4 is 17.1 Å². The standard InChI is InChI=1S/C18H26N4/c1-3-5-11-22(12-6-4-2)18-9-7-16(8-10-18)21-17-13-19-15-20-14-17/h7-10,13-15,21H,3-6,11-12H2,1-2H3. The fraction of sp³-hybridized carbons (Fsp3) is 0.444. The third kappa shape index (κ3) is 5.02. The van der Waals surface area contributed by atoms with E-state index in [0.717, 1.165) is 24.5 Å². The van der Waals surface area contributed by atoms with Crippen LogP contribution in [0.15, 0.2) is 43.0 Å². The van der Waals surface area contributed by atoms with Gasteiger partial charge in [0.25, 0.3) is 0 Å². The Kier molecular flexibility index (Phi) is 6.68. The summed E-state index contributed by atoms with van der Waals surface area (Å²) < 4.78 is 0. The van der Waals surface area contributed by atoms with E-state index < -0.39 is 0 Å². The molecule has 118 valence electrons. The Morgan fingerprint density at radius 2 is 1.45 bits per heavy atom. The number of hydrogen-bond acceptors (Lipinski definition) is 4. The molecule has 0 radical (unpaired) electrons. The molecule has 1 heterocycles. The van der Waals surface area contributed by atoms with Crippen LogP contribution in [-0.2, 0) is 0 Å². The summed E-state index contributed by atoms with van der Waals surface area (Å²) in [6.07, 6.45) is 10.0. The number of benzene rings is 1. The highest BCUT2D eigenvalue weighted by atomic mass is 15.1. The van der Waals surface area contributed by atoms with E-state index in [-0.39, 0.29) is 0 Å². The van der Waals surface area contributed by atoms with Gasteiger partial charge in [-0.3, -0.25) is 0 Å². The van der Waals surface area contributed by atoms with Gasteiger partial charge >= 0.3 is 0 Å². The average molecular weight is 298 g/mol. The molecule has 0 bridgehead atoms. The fourth-order valence-corrected chi connectivity index (χ4v) is 2.35. The van der Waals surface area contributed by atoms with Crippen molar-refractivity contribution in [3.05, 3.63) is 43.0 Å². The topological polar surface area (TPSA) is 41.0 Å². The van der Waals surface area contributed by atoms with E-state index >= 15 is 0 Å². The lowest BCUT2D eigenvalue weighted by molar-refractivity contribution is 0.678. The summed E-state index contributed by atoms with van der Waals surface area (Å²) in [5.41, 5.74) is 3.27. The summed E-state index contributed by atoms with van der Waals surface area (Å²) >= 11 is 0. The number of aromatic nitrogens is 2. The second kappa shape index (κ2) is 9.03. The normalized spacial score (nSPS) is 10.5. The maximum Gasteiger partial charge on any atom is 0.115 e.